The Kier molecular flexibility index (Phi) is 1.77. The Morgan fingerprint density at radius 1 is 1.33 bits per heavy atom. The van der Waals surface area contributed by atoms with Gasteiger partial charge in [0.15, 0.2) is 0 Å². The number of fused-ring (bicyclic) bond motifs is 1. The molecule has 0 amide bonds. The second kappa shape index (κ2) is 2.79. The summed E-state index contributed by atoms with van der Waals surface area (Å²) < 4.78 is 0. The normalized spacial score (nSPS) is 15.2. The van der Waals surface area contributed by atoms with Gasteiger partial charge in [-0.05, 0) is 18.1 Å². The highest BCUT2D eigenvalue weighted by Crippen LogP contribution is 2.32. The molecule has 1 aliphatic heterocycles. The van der Waals surface area contributed by atoms with Crippen LogP contribution in [0.15, 0.2) is 23.2 Å². The van der Waals surface area contributed by atoms with Crippen molar-refractivity contribution < 1.29 is 0 Å². The van der Waals surface area contributed by atoms with Gasteiger partial charge in [0.1, 0.15) is 0 Å². The molecule has 1 aliphatic rings. The zero-order valence-corrected chi connectivity index (χ0v) is 7.30. The number of rotatable bonds is 0. The van der Waals surface area contributed by atoms with Crippen molar-refractivity contribution in [1.29, 1.82) is 0 Å². The Bertz CT molecular complexity index is 344. The van der Waals surface area contributed by atoms with Crippen LogP contribution in [0.5, 0.6) is 0 Å². The maximum atomic E-state index is 5.94. The molecule has 2 N–H and O–H groups in total. The van der Waals surface area contributed by atoms with Gasteiger partial charge in [-0.25, -0.2) is 4.99 Å². The Labute approximate surface area is 76.1 Å². The average molecular weight is 181 g/mol. The quantitative estimate of drug-likeness (QED) is 0.654. The largest absolute Gasteiger partial charge is 0.387 e. The molecule has 0 aliphatic carbocycles. The van der Waals surface area contributed by atoms with Crippen molar-refractivity contribution in [3.63, 3.8) is 0 Å². The third-order valence-electron chi connectivity index (χ3n) is 1.98. The van der Waals surface area contributed by atoms with E-state index in [4.69, 9.17) is 17.3 Å². The number of benzene rings is 1. The summed E-state index contributed by atoms with van der Waals surface area (Å²) in [6, 6.07) is 5.82. The molecule has 0 atom stereocenters. The minimum absolute atomic E-state index is 0.676. The lowest BCUT2D eigenvalue weighted by Gasteiger charge is -2.13. The van der Waals surface area contributed by atoms with E-state index in [0.717, 1.165) is 18.5 Å². The van der Waals surface area contributed by atoms with Crippen LogP contribution in [-0.4, -0.2) is 5.84 Å². The van der Waals surface area contributed by atoms with E-state index in [2.05, 4.69) is 4.99 Å². The topological polar surface area (TPSA) is 38.4 Å². The Morgan fingerprint density at radius 3 is 3.00 bits per heavy atom. The first-order chi connectivity index (χ1) is 5.77. The first-order valence-corrected chi connectivity index (χ1v) is 4.25. The van der Waals surface area contributed by atoms with Crippen molar-refractivity contribution in [1.82, 2.24) is 0 Å². The van der Waals surface area contributed by atoms with E-state index >= 15 is 0 Å². The molecule has 0 bridgehead atoms. The first kappa shape index (κ1) is 7.62. The molecule has 12 heavy (non-hydrogen) atoms. The van der Waals surface area contributed by atoms with Crippen molar-refractivity contribution >= 4 is 23.1 Å². The third kappa shape index (κ3) is 1.18. The van der Waals surface area contributed by atoms with E-state index in [9.17, 15) is 0 Å². The van der Waals surface area contributed by atoms with E-state index in [0.29, 0.717) is 10.9 Å². The summed E-state index contributed by atoms with van der Waals surface area (Å²) >= 11 is 5.94. The van der Waals surface area contributed by atoms with Crippen LogP contribution in [0.4, 0.5) is 5.69 Å². The number of para-hydroxylation sites is 1. The van der Waals surface area contributed by atoms with Crippen LogP contribution < -0.4 is 5.73 Å². The molecular formula is C9H9ClN2. The number of nitrogens with two attached hydrogens (primary N) is 1. The SMILES string of the molecule is NC1=Nc2c(Cl)cccc2CC1. The monoisotopic (exact) mass is 180 g/mol. The van der Waals surface area contributed by atoms with E-state index in [-0.39, 0.29) is 0 Å². The molecule has 2 rings (SSSR count). The van der Waals surface area contributed by atoms with Gasteiger partial charge in [0.2, 0.25) is 0 Å². The molecule has 0 radical (unpaired) electrons. The van der Waals surface area contributed by atoms with Crippen molar-refractivity contribution in [2.75, 3.05) is 0 Å². The number of amidine groups is 1. The fraction of sp³-hybridized carbons (Fsp3) is 0.222. The highest BCUT2D eigenvalue weighted by atomic mass is 35.5. The molecule has 2 nitrogen and oxygen atoms in total. The van der Waals surface area contributed by atoms with Crippen molar-refractivity contribution in [2.45, 2.75) is 12.8 Å². The van der Waals surface area contributed by atoms with E-state index in [1.165, 1.54) is 5.56 Å². The van der Waals surface area contributed by atoms with E-state index < -0.39 is 0 Å². The summed E-state index contributed by atoms with van der Waals surface area (Å²) in [6.07, 6.45) is 1.79. The smallest absolute Gasteiger partial charge is 0.1000 e. The fourth-order valence-corrected chi connectivity index (χ4v) is 1.59. The average Bonchev–Trinajstić information content (AvgIpc) is 2.07. The number of nitrogens with zero attached hydrogens (tertiary/aromatic N) is 1. The lowest BCUT2D eigenvalue weighted by molar-refractivity contribution is 0.996. The number of hydrogen-bond acceptors (Lipinski definition) is 2. The molecule has 1 aromatic carbocycles. The van der Waals surface area contributed by atoms with Crippen molar-refractivity contribution in [3.8, 4) is 0 Å². The highest BCUT2D eigenvalue weighted by Gasteiger charge is 2.11. The molecule has 0 saturated heterocycles. The lowest BCUT2D eigenvalue weighted by atomic mass is 10.0. The van der Waals surface area contributed by atoms with Gasteiger partial charge in [-0.2, -0.15) is 0 Å². The van der Waals surface area contributed by atoms with Crippen LogP contribution in [0, 0.1) is 0 Å². The second-order valence-corrected chi connectivity index (χ2v) is 3.26. The Balaban J connectivity index is 2.59. The van der Waals surface area contributed by atoms with Crippen LogP contribution >= 0.6 is 11.6 Å². The highest BCUT2D eigenvalue weighted by molar-refractivity contribution is 6.33. The molecule has 0 saturated carbocycles. The standard InChI is InChI=1S/C9H9ClN2/c10-7-3-1-2-6-4-5-8(11)12-9(6)7/h1-3H,4-5H2,(H2,11,12). The Hall–Kier alpha value is -1.02. The van der Waals surface area contributed by atoms with Gasteiger partial charge in [0, 0.05) is 6.42 Å². The summed E-state index contributed by atoms with van der Waals surface area (Å²) in [5.74, 6) is 0.676. The molecule has 62 valence electrons. The zero-order chi connectivity index (χ0) is 8.55. The van der Waals surface area contributed by atoms with Gasteiger partial charge in [-0.3, -0.25) is 0 Å². The van der Waals surface area contributed by atoms with Crippen LogP contribution in [0.25, 0.3) is 0 Å². The molecular weight excluding hydrogens is 172 g/mol. The fourth-order valence-electron chi connectivity index (χ4n) is 1.35. The summed E-state index contributed by atoms with van der Waals surface area (Å²) in [5.41, 5.74) is 7.65. The van der Waals surface area contributed by atoms with Crippen molar-refractivity contribution in [2.24, 2.45) is 10.7 Å². The van der Waals surface area contributed by atoms with Gasteiger partial charge >= 0.3 is 0 Å². The van der Waals surface area contributed by atoms with Gasteiger partial charge < -0.3 is 5.73 Å². The van der Waals surface area contributed by atoms with Gasteiger partial charge in [0.05, 0.1) is 16.5 Å². The van der Waals surface area contributed by atoms with Gasteiger partial charge in [0.25, 0.3) is 0 Å². The third-order valence-corrected chi connectivity index (χ3v) is 2.28. The summed E-state index contributed by atoms with van der Waals surface area (Å²) in [4.78, 5) is 4.21. The minimum Gasteiger partial charge on any atom is -0.387 e. The Morgan fingerprint density at radius 2 is 2.17 bits per heavy atom. The molecule has 0 aromatic heterocycles. The van der Waals surface area contributed by atoms with E-state index in [1.54, 1.807) is 0 Å². The minimum atomic E-state index is 0.676. The maximum Gasteiger partial charge on any atom is 0.1000 e. The van der Waals surface area contributed by atoms with Crippen LogP contribution in [-0.2, 0) is 6.42 Å². The number of aryl methyl sites for hydroxylation is 1. The zero-order valence-electron chi connectivity index (χ0n) is 6.55. The molecule has 3 heteroatoms. The predicted molar refractivity (Wildman–Crippen MR) is 51.1 cm³/mol. The van der Waals surface area contributed by atoms with Crippen LogP contribution in [0.1, 0.15) is 12.0 Å². The number of hydrogen-bond donors (Lipinski definition) is 1. The molecule has 1 aromatic rings. The van der Waals surface area contributed by atoms with Crippen LogP contribution in [0.3, 0.4) is 0 Å². The molecule has 0 spiro atoms. The summed E-state index contributed by atoms with van der Waals surface area (Å²) in [5, 5.41) is 0.690. The van der Waals surface area contributed by atoms with Gasteiger partial charge in [-0.15, -0.1) is 0 Å². The second-order valence-electron chi connectivity index (χ2n) is 2.85. The summed E-state index contributed by atoms with van der Waals surface area (Å²) in [6.45, 7) is 0. The predicted octanol–water partition coefficient (Wildman–Crippen LogP) is 2.27. The molecule has 0 fully saturated rings. The van der Waals surface area contributed by atoms with Crippen molar-refractivity contribution in [3.05, 3.63) is 28.8 Å². The number of aliphatic imine (C=N–C) groups is 1. The molecule has 1 heterocycles. The first-order valence-electron chi connectivity index (χ1n) is 3.88. The van der Waals surface area contributed by atoms with Crippen LogP contribution in [0.2, 0.25) is 5.02 Å². The van der Waals surface area contributed by atoms with E-state index in [1.807, 2.05) is 18.2 Å². The summed E-state index contributed by atoms with van der Waals surface area (Å²) in [7, 11) is 0. The van der Waals surface area contributed by atoms with Gasteiger partial charge in [-0.1, -0.05) is 23.7 Å². The number of halogens is 1. The maximum absolute atomic E-state index is 5.94. The molecule has 0 unspecified atom stereocenters. The lowest BCUT2D eigenvalue weighted by Crippen LogP contribution is -2.15.